The number of amides is 6. The zero-order valence-corrected chi connectivity index (χ0v) is 36.2. The summed E-state index contributed by atoms with van der Waals surface area (Å²) in [5.74, 6) is -4.37. The van der Waals surface area contributed by atoms with E-state index in [9.17, 15) is 33.9 Å². The molecule has 6 amide bonds. The fourth-order valence-corrected chi connectivity index (χ4v) is 6.78. The average molecular weight is 818 g/mol. The number of benzene rings is 2. The summed E-state index contributed by atoms with van der Waals surface area (Å²) in [4.78, 5) is 89.3. The van der Waals surface area contributed by atoms with Crippen LogP contribution < -0.4 is 31.9 Å². The minimum atomic E-state index is -1.34. The summed E-state index contributed by atoms with van der Waals surface area (Å²) in [6, 6.07) is 10.7. The maximum Gasteiger partial charge on any atom is 0.248 e. The van der Waals surface area contributed by atoms with Gasteiger partial charge in [0.25, 0.3) is 0 Å². The first-order chi connectivity index (χ1) is 27.9. The van der Waals surface area contributed by atoms with Gasteiger partial charge in [-0.15, -0.1) is 0 Å². The van der Waals surface area contributed by atoms with Gasteiger partial charge in [0.2, 0.25) is 35.4 Å². The van der Waals surface area contributed by atoms with E-state index in [1.54, 1.807) is 0 Å². The van der Waals surface area contributed by atoms with Gasteiger partial charge in [0.1, 0.15) is 30.2 Å². The quantitative estimate of drug-likeness (QED) is 0.170. The van der Waals surface area contributed by atoms with E-state index in [0.29, 0.717) is 6.42 Å². The molecule has 0 bridgehead atoms. The van der Waals surface area contributed by atoms with Crippen molar-refractivity contribution in [1.82, 2.24) is 31.9 Å². The zero-order valence-electron chi connectivity index (χ0n) is 36.2. The molecule has 1 heterocycles. The third-order valence-electron chi connectivity index (χ3n) is 10.5. The first-order valence-corrected chi connectivity index (χ1v) is 21.0. The Kier molecular flexibility index (Phi) is 19.2. The molecule has 0 saturated carbocycles. The summed E-state index contributed by atoms with van der Waals surface area (Å²) >= 11 is 0. The van der Waals surface area contributed by atoms with Gasteiger partial charge in [-0.25, -0.2) is 0 Å². The number of rotatable bonds is 12. The van der Waals surface area contributed by atoms with Crippen molar-refractivity contribution in [2.75, 3.05) is 0 Å². The molecule has 1 aliphatic heterocycles. The van der Waals surface area contributed by atoms with Crippen molar-refractivity contribution in [2.24, 2.45) is 28.7 Å². The Balaban J connectivity index is 2.19. The van der Waals surface area contributed by atoms with E-state index < -0.39 is 83.8 Å². The number of carbonyl (C=O) groups is 6. The standard InChI is InChI=1S/C45H67N7O7/c1-10-29(8)38-44(58)50-35(23-31-17-13-11-14-18-31)42(56)51-37(28(6)7)25-46-39(30(9)53)45(59)49-34(22-27(4)5)41(55)47-33(21-26(2)3)40(54)48-36(43(57)52-38)24-32-19-15-12-16-20-32/h11-20,25-30,33-39,53H,10,21-24H2,1-9H3,(H,47,55)(H,48,54)(H,49,59)(H,50,58)(H,51,56)(H,52,57)/t29-,30+,33-,34-,35-,36-,37+,38-,39?/m0/s1. The van der Waals surface area contributed by atoms with E-state index in [1.807, 2.05) is 116 Å². The van der Waals surface area contributed by atoms with Gasteiger partial charge in [0.15, 0.2) is 6.04 Å². The van der Waals surface area contributed by atoms with Gasteiger partial charge in [-0.1, -0.05) is 122 Å². The molecule has 0 aromatic heterocycles. The Morgan fingerprint density at radius 3 is 1.37 bits per heavy atom. The molecule has 0 spiro atoms. The van der Waals surface area contributed by atoms with Crippen LogP contribution in [0.2, 0.25) is 0 Å². The van der Waals surface area contributed by atoms with E-state index in [-0.39, 0.29) is 49.4 Å². The summed E-state index contributed by atoms with van der Waals surface area (Å²) < 4.78 is 0. The number of nitrogens with one attached hydrogen (secondary N) is 6. The topological polar surface area (TPSA) is 207 Å². The van der Waals surface area contributed by atoms with E-state index in [4.69, 9.17) is 0 Å². The second-order valence-corrected chi connectivity index (χ2v) is 17.0. The van der Waals surface area contributed by atoms with E-state index in [0.717, 1.165) is 11.1 Å². The van der Waals surface area contributed by atoms with Crippen LogP contribution in [0.25, 0.3) is 0 Å². The smallest absolute Gasteiger partial charge is 0.248 e. The van der Waals surface area contributed by atoms with Crippen molar-refractivity contribution in [3.8, 4) is 0 Å². The maximum absolute atomic E-state index is 14.3. The average Bonchev–Trinajstić information content (AvgIpc) is 3.17. The first-order valence-electron chi connectivity index (χ1n) is 21.0. The van der Waals surface area contributed by atoms with Crippen molar-refractivity contribution < 1.29 is 33.9 Å². The number of carbonyl (C=O) groups excluding carboxylic acids is 6. The molecule has 0 saturated heterocycles. The molecular weight excluding hydrogens is 751 g/mol. The number of aliphatic hydroxyl groups is 1. The van der Waals surface area contributed by atoms with Gasteiger partial charge in [-0.2, -0.15) is 0 Å². The Hall–Kier alpha value is -5.11. The Labute approximate surface area is 349 Å². The van der Waals surface area contributed by atoms with Gasteiger partial charge in [0.05, 0.1) is 12.1 Å². The number of aliphatic imine (C=N–C) groups is 1. The SMILES string of the molecule is CC[C@H](C)[C@@H]1NC(=O)[C@H](Cc2ccccc2)NC(=O)[C@H](CC(C)C)NC(=O)[C@H](CC(C)C)NC(=O)C([C@@H](C)O)N=C[C@H](C(C)C)NC(=O)[C@H](Cc2ccccc2)NC1=O. The van der Waals surface area contributed by atoms with Gasteiger partial charge in [-0.3, -0.25) is 33.8 Å². The number of hydrogen-bond donors (Lipinski definition) is 7. The lowest BCUT2D eigenvalue weighted by atomic mass is 9.95. The second-order valence-electron chi connectivity index (χ2n) is 17.0. The molecule has 2 aromatic rings. The fraction of sp³-hybridized carbons (Fsp3) is 0.578. The summed E-state index contributed by atoms with van der Waals surface area (Å²) in [7, 11) is 0. The lowest BCUT2D eigenvalue weighted by Crippen LogP contribution is -2.61. The Bertz CT molecular complexity index is 1720. The summed E-state index contributed by atoms with van der Waals surface area (Å²) in [5.41, 5.74) is 1.53. The molecule has 3 rings (SSSR count). The fourth-order valence-electron chi connectivity index (χ4n) is 6.78. The monoisotopic (exact) mass is 818 g/mol. The highest BCUT2D eigenvalue weighted by Crippen LogP contribution is 2.15. The van der Waals surface area contributed by atoms with Gasteiger partial charge >= 0.3 is 0 Å². The van der Waals surface area contributed by atoms with Crippen molar-refractivity contribution in [3.05, 3.63) is 71.8 Å². The molecule has 1 unspecified atom stereocenters. The van der Waals surface area contributed by atoms with E-state index >= 15 is 0 Å². The Morgan fingerprint density at radius 2 is 0.949 bits per heavy atom. The highest BCUT2D eigenvalue weighted by atomic mass is 16.3. The van der Waals surface area contributed by atoms with Crippen LogP contribution >= 0.6 is 0 Å². The molecule has 0 fully saturated rings. The van der Waals surface area contributed by atoms with Crippen molar-refractivity contribution in [2.45, 2.75) is 143 Å². The lowest BCUT2D eigenvalue weighted by molar-refractivity contribution is -0.136. The normalized spacial score (nSPS) is 25.5. The molecule has 2 aromatic carbocycles. The van der Waals surface area contributed by atoms with Crippen LogP contribution in [-0.4, -0.2) is 95.2 Å². The number of aliphatic hydroxyl groups excluding tert-OH is 1. The molecule has 59 heavy (non-hydrogen) atoms. The molecule has 14 heteroatoms. The van der Waals surface area contributed by atoms with Crippen LogP contribution in [0.1, 0.15) is 92.7 Å². The third-order valence-corrected chi connectivity index (χ3v) is 10.5. The van der Waals surface area contributed by atoms with Crippen molar-refractivity contribution in [1.29, 1.82) is 0 Å². The lowest BCUT2D eigenvalue weighted by Gasteiger charge is -2.30. The van der Waals surface area contributed by atoms with Gasteiger partial charge in [0, 0.05) is 19.1 Å². The van der Waals surface area contributed by atoms with Crippen LogP contribution in [0.4, 0.5) is 0 Å². The number of hydrogen-bond acceptors (Lipinski definition) is 8. The van der Waals surface area contributed by atoms with Crippen LogP contribution in [0.3, 0.4) is 0 Å². The third kappa shape index (κ3) is 15.5. The van der Waals surface area contributed by atoms with Crippen molar-refractivity contribution in [3.63, 3.8) is 0 Å². The van der Waals surface area contributed by atoms with Crippen molar-refractivity contribution >= 4 is 41.7 Å². The Morgan fingerprint density at radius 1 is 0.542 bits per heavy atom. The number of nitrogens with zero attached hydrogens (tertiary/aromatic N) is 1. The van der Waals surface area contributed by atoms with E-state index in [1.165, 1.54) is 13.1 Å². The molecular formula is C45H67N7O7. The largest absolute Gasteiger partial charge is 0.391 e. The first kappa shape index (κ1) is 48.3. The second kappa shape index (κ2) is 23.5. The zero-order chi connectivity index (χ0) is 43.8. The molecule has 7 N–H and O–H groups in total. The maximum atomic E-state index is 14.3. The van der Waals surface area contributed by atoms with Gasteiger partial charge < -0.3 is 37.0 Å². The predicted octanol–water partition coefficient (Wildman–Crippen LogP) is 3.01. The molecule has 0 radical (unpaired) electrons. The minimum Gasteiger partial charge on any atom is -0.391 e. The summed E-state index contributed by atoms with van der Waals surface area (Å²) in [6.45, 7) is 16.4. The van der Waals surface area contributed by atoms with Gasteiger partial charge in [-0.05, 0) is 54.6 Å². The molecule has 9 atom stereocenters. The van der Waals surface area contributed by atoms with Crippen LogP contribution in [0, 0.1) is 23.7 Å². The molecule has 324 valence electrons. The molecule has 0 aliphatic carbocycles. The minimum absolute atomic E-state index is 0.0514. The molecule has 14 nitrogen and oxygen atoms in total. The predicted molar refractivity (Wildman–Crippen MR) is 229 cm³/mol. The highest BCUT2D eigenvalue weighted by molar-refractivity contribution is 5.97. The summed E-state index contributed by atoms with van der Waals surface area (Å²) in [5, 5.41) is 28.0. The van der Waals surface area contributed by atoms with Crippen LogP contribution in [0.15, 0.2) is 65.7 Å². The van der Waals surface area contributed by atoms with E-state index in [2.05, 4.69) is 36.9 Å². The highest BCUT2D eigenvalue weighted by Gasteiger charge is 2.36. The molecule has 1 aliphatic rings. The summed E-state index contributed by atoms with van der Waals surface area (Å²) in [6.07, 6.45) is 1.28. The van der Waals surface area contributed by atoms with Crippen LogP contribution in [0.5, 0.6) is 0 Å². The van der Waals surface area contributed by atoms with Crippen LogP contribution in [-0.2, 0) is 41.6 Å².